The van der Waals surface area contributed by atoms with Crippen molar-refractivity contribution in [1.29, 1.82) is 0 Å². The Morgan fingerprint density at radius 2 is 1.33 bits per heavy atom. The third-order valence-corrected chi connectivity index (χ3v) is 5.53. The van der Waals surface area contributed by atoms with Gasteiger partial charge < -0.3 is 30.1 Å². The van der Waals surface area contributed by atoms with E-state index in [0.717, 1.165) is 0 Å². The summed E-state index contributed by atoms with van der Waals surface area (Å²) < 4.78 is 1.22. The quantitative estimate of drug-likeness (QED) is 0.292. The predicted molar refractivity (Wildman–Crippen MR) is 108 cm³/mol. The van der Waals surface area contributed by atoms with Crippen molar-refractivity contribution >= 4 is 16.6 Å². The van der Waals surface area contributed by atoms with Crippen molar-refractivity contribution < 1.29 is 30.3 Å². The molecule has 4 rings (SSSR count). The number of carbonyl (C=O) groups is 1. The van der Waals surface area contributed by atoms with Crippen LogP contribution >= 0.6 is 0 Å². The molecule has 0 spiro atoms. The van der Waals surface area contributed by atoms with Crippen molar-refractivity contribution in [3.8, 4) is 11.3 Å². The number of aliphatic hydroxyl groups is 5. The van der Waals surface area contributed by atoms with Gasteiger partial charge in [0.1, 0.15) is 24.4 Å². The van der Waals surface area contributed by atoms with Crippen LogP contribution in [0.4, 0.5) is 0 Å². The van der Waals surface area contributed by atoms with Gasteiger partial charge in [-0.3, -0.25) is 9.59 Å². The van der Waals surface area contributed by atoms with Crippen LogP contribution in [0, 0.1) is 0 Å². The summed E-state index contributed by atoms with van der Waals surface area (Å²) in [5.41, 5.74) is 1.19. The molecule has 3 aromatic rings. The molecule has 5 N–H and O–H groups in total. The van der Waals surface area contributed by atoms with Gasteiger partial charge >= 0.3 is 0 Å². The summed E-state index contributed by atoms with van der Waals surface area (Å²) in [6.07, 6.45) is -6.94. The van der Waals surface area contributed by atoms with Crippen molar-refractivity contribution in [1.82, 2.24) is 4.57 Å². The fourth-order valence-corrected chi connectivity index (χ4v) is 3.96. The van der Waals surface area contributed by atoms with Crippen LogP contribution < -0.4 is 5.56 Å². The monoisotopic (exact) mass is 411 g/mol. The summed E-state index contributed by atoms with van der Waals surface area (Å²) in [5, 5.41) is 49.9. The van der Waals surface area contributed by atoms with Crippen molar-refractivity contribution in [2.75, 3.05) is 6.61 Å². The first-order valence-corrected chi connectivity index (χ1v) is 9.49. The van der Waals surface area contributed by atoms with Crippen molar-refractivity contribution in [3.63, 3.8) is 0 Å². The van der Waals surface area contributed by atoms with E-state index in [1.165, 1.54) is 4.57 Å². The molecule has 0 bridgehead atoms. The number of hydrogen-bond donors (Lipinski definition) is 5. The Morgan fingerprint density at radius 3 is 2.00 bits per heavy atom. The number of benzene rings is 2. The fraction of sp³-hybridized carbons (Fsp3) is 0.273. The Hall–Kier alpha value is -2.88. The van der Waals surface area contributed by atoms with Gasteiger partial charge in [0.25, 0.3) is 5.56 Å². The van der Waals surface area contributed by atoms with Gasteiger partial charge in [-0.1, -0.05) is 42.5 Å². The van der Waals surface area contributed by atoms with Gasteiger partial charge in [-0.25, -0.2) is 0 Å². The summed E-state index contributed by atoms with van der Waals surface area (Å²) in [6.45, 7) is -1.23. The number of carbonyl (C=O) groups excluding carboxylic acids is 1. The lowest BCUT2D eigenvalue weighted by Crippen LogP contribution is -2.48. The maximum Gasteiger partial charge on any atom is 0.259 e. The van der Waals surface area contributed by atoms with E-state index in [-0.39, 0.29) is 11.2 Å². The predicted octanol–water partition coefficient (Wildman–Crippen LogP) is -0.351. The average Bonchev–Trinajstić information content (AvgIpc) is 3.07. The van der Waals surface area contributed by atoms with E-state index in [0.29, 0.717) is 27.8 Å². The summed E-state index contributed by atoms with van der Waals surface area (Å²) in [4.78, 5) is 26.3. The van der Waals surface area contributed by atoms with E-state index in [1.807, 2.05) is 0 Å². The van der Waals surface area contributed by atoms with E-state index in [2.05, 4.69) is 0 Å². The number of rotatable bonds is 6. The highest BCUT2D eigenvalue weighted by molar-refractivity contribution is 6.26. The molecule has 8 heteroatoms. The fourth-order valence-electron chi connectivity index (χ4n) is 3.96. The Balaban J connectivity index is 1.89. The molecule has 0 fully saturated rings. The average molecular weight is 411 g/mol. The molecule has 1 aliphatic rings. The smallest absolute Gasteiger partial charge is 0.259 e. The molecule has 0 unspecified atom stereocenters. The van der Waals surface area contributed by atoms with Crippen molar-refractivity contribution in [2.24, 2.45) is 0 Å². The highest BCUT2D eigenvalue weighted by atomic mass is 16.4. The lowest BCUT2D eigenvalue weighted by molar-refractivity contribution is -0.117. The lowest BCUT2D eigenvalue weighted by Gasteiger charge is -2.27. The molecule has 0 radical (unpaired) electrons. The first-order chi connectivity index (χ1) is 14.4. The van der Waals surface area contributed by atoms with Gasteiger partial charge in [0, 0.05) is 21.9 Å². The summed E-state index contributed by atoms with van der Waals surface area (Å²) in [7, 11) is 0. The minimum atomic E-state index is -1.83. The zero-order valence-electron chi connectivity index (χ0n) is 15.8. The third kappa shape index (κ3) is 3.06. The third-order valence-electron chi connectivity index (χ3n) is 5.53. The molecule has 0 amide bonds. The maximum atomic E-state index is 13.2. The van der Waals surface area contributed by atoms with Gasteiger partial charge in [0.05, 0.1) is 24.4 Å². The van der Waals surface area contributed by atoms with Crippen LogP contribution in [0.2, 0.25) is 0 Å². The minimum absolute atomic E-state index is 0.240. The molecule has 1 aromatic heterocycles. The first kappa shape index (κ1) is 20.4. The largest absolute Gasteiger partial charge is 0.394 e. The molecule has 0 saturated carbocycles. The molecule has 2 aromatic carbocycles. The molecule has 4 atom stereocenters. The highest BCUT2D eigenvalue weighted by Crippen LogP contribution is 2.39. The van der Waals surface area contributed by atoms with Crippen LogP contribution in [0.15, 0.2) is 53.3 Å². The second-order valence-electron chi connectivity index (χ2n) is 7.36. The standard InChI is InChI=1S/C22H21NO7/c24-10-16(26)21(29)20(28)15(25)9-23-18-12-6-2-3-7-13(12)19(27)17(18)11-5-1-4-8-14(11)22(23)30/h1-8,15-16,20-21,24-26,28-29H,9-10H2/t15-,16-,20-,21-/m1/s1. The molecular formula is C22H21NO7. The summed E-state index contributed by atoms with van der Waals surface area (Å²) in [5.74, 6) is -0.240. The Morgan fingerprint density at radius 1 is 0.767 bits per heavy atom. The van der Waals surface area contributed by atoms with Crippen molar-refractivity contribution in [3.05, 3.63) is 70.0 Å². The van der Waals surface area contributed by atoms with Gasteiger partial charge in [-0.05, 0) is 6.07 Å². The van der Waals surface area contributed by atoms with Crippen molar-refractivity contribution in [2.45, 2.75) is 31.0 Å². The highest BCUT2D eigenvalue weighted by Gasteiger charge is 2.35. The zero-order valence-corrected chi connectivity index (χ0v) is 15.8. The Labute approximate surface area is 170 Å². The number of hydrogen-bond acceptors (Lipinski definition) is 7. The van der Waals surface area contributed by atoms with Crippen LogP contribution in [-0.4, -0.2) is 66.9 Å². The second-order valence-corrected chi connectivity index (χ2v) is 7.36. The van der Waals surface area contributed by atoms with Crippen LogP contribution in [0.1, 0.15) is 15.9 Å². The number of fused-ring (bicyclic) bond motifs is 5. The molecule has 1 heterocycles. The molecule has 156 valence electrons. The van der Waals surface area contributed by atoms with E-state index >= 15 is 0 Å². The summed E-state index contributed by atoms with van der Waals surface area (Å²) in [6, 6.07) is 13.5. The first-order valence-electron chi connectivity index (χ1n) is 9.49. The van der Waals surface area contributed by atoms with E-state index < -0.39 is 43.1 Å². The van der Waals surface area contributed by atoms with Gasteiger partial charge in [0.15, 0.2) is 5.78 Å². The number of nitrogens with zero attached hydrogens (tertiary/aromatic N) is 1. The zero-order chi connectivity index (χ0) is 21.6. The van der Waals surface area contributed by atoms with Crippen LogP contribution in [0.25, 0.3) is 22.0 Å². The van der Waals surface area contributed by atoms with E-state index in [1.54, 1.807) is 48.5 Å². The summed E-state index contributed by atoms with van der Waals surface area (Å²) >= 11 is 0. The molecular weight excluding hydrogens is 390 g/mol. The lowest BCUT2D eigenvalue weighted by atomic mass is 10.0. The SMILES string of the molecule is O=C1c2ccccc2-c2c1c1ccccc1c(=O)n2C[C@@H](O)[C@@H](O)[C@H](O)[C@H](O)CO. The topological polar surface area (TPSA) is 140 Å². The molecule has 1 aliphatic carbocycles. The minimum Gasteiger partial charge on any atom is -0.394 e. The number of pyridine rings is 1. The van der Waals surface area contributed by atoms with Gasteiger partial charge in [-0.15, -0.1) is 0 Å². The molecule has 0 saturated heterocycles. The second kappa shape index (κ2) is 7.75. The number of aliphatic hydroxyl groups excluding tert-OH is 5. The number of aromatic nitrogens is 1. The normalized spacial score (nSPS) is 16.8. The molecule has 30 heavy (non-hydrogen) atoms. The van der Waals surface area contributed by atoms with Crippen LogP contribution in [0.5, 0.6) is 0 Å². The number of ketones is 1. The van der Waals surface area contributed by atoms with Gasteiger partial charge in [0.2, 0.25) is 0 Å². The molecule has 0 aliphatic heterocycles. The maximum absolute atomic E-state index is 13.2. The Kier molecular flexibility index (Phi) is 5.27. The van der Waals surface area contributed by atoms with Crippen LogP contribution in [0.3, 0.4) is 0 Å². The Bertz CT molecular complexity index is 1190. The van der Waals surface area contributed by atoms with Crippen LogP contribution in [-0.2, 0) is 6.54 Å². The van der Waals surface area contributed by atoms with Gasteiger partial charge in [-0.2, -0.15) is 0 Å². The van der Waals surface area contributed by atoms with E-state index in [9.17, 15) is 30.0 Å². The van der Waals surface area contributed by atoms with E-state index in [4.69, 9.17) is 5.11 Å². The molecule has 8 nitrogen and oxygen atoms in total.